The van der Waals surface area contributed by atoms with Gasteiger partial charge < -0.3 is 4.74 Å². The summed E-state index contributed by atoms with van der Waals surface area (Å²) in [5, 5.41) is 8.53. The van der Waals surface area contributed by atoms with Crippen LogP contribution in [0.3, 0.4) is 0 Å². The third-order valence-corrected chi connectivity index (χ3v) is 1.67. The van der Waals surface area contributed by atoms with Gasteiger partial charge in [0.05, 0.1) is 12.7 Å². The fourth-order valence-corrected chi connectivity index (χ4v) is 1.00. The van der Waals surface area contributed by atoms with Crippen molar-refractivity contribution in [2.24, 2.45) is 0 Å². The lowest BCUT2D eigenvalue weighted by atomic mass is 10.1. The number of carbonyl (C=O) groups is 1. The number of nitriles is 1. The minimum absolute atomic E-state index is 0.0956. The molecule has 0 aliphatic heterocycles. The van der Waals surface area contributed by atoms with E-state index in [-0.39, 0.29) is 5.57 Å². The molecule has 1 aromatic rings. The van der Waals surface area contributed by atoms with E-state index in [4.69, 9.17) is 10.00 Å². The van der Waals surface area contributed by atoms with Gasteiger partial charge in [-0.15, -0.1) is 0 Å². The normalized spacial score (nSPS) is 10.4. The molecule has 0 fully saturated rings. The summed E-state index contributed by atoms with van der Waals surface area (Å²) in [5.41, 5.74) is 0.867. The predicted molar refractivity (Wildman–Crippen MR) is 52.6 cm³/mol. The van der Waals surface area contributed by atoms with E-state index in [0.717, 1.165) is 5.56 Å². The zero-order chi connectivity index (χ0) is 10.4. The van der Waals surface area contributed by atoms with Crippen LogP contribution in [0, 0.1) is 11.3 Å². The lowest BCUT2D eigenvalue weighted by Crippen LogP contribution is -1.84. The van der Waals surface area contributed by atoms with Gasteiger partial charge in [-0.1, -0.05) is 12.1 Å². The molecule has 0 N–H and O–H groups in total. The van der Waals surface area contributed by atoms with Gasteiger partial charge in [-0.25, -0.2) is 0 Å². The first-order valence-corrected chi connectivity index (χ1v) is 4.01. The van der Waals surface area contributed by atoms with Gasteiger partial charge in [-0.2, -0.15) is 5.26 Å². The number of methoxy groups -OCH3 is 1. The molecule has 3 heteroatoms. The third kappa shape index (κ3) is 2.46. The average Bonchev–Trinajstić information content (AvgIpc) is 2.26. The molecule has 0 aromatic heterocycles. The molecule has 0 atom stereocenters. The highest BCUT2D eigenvalue weighted by Crippen LogP contribution is 2.14. The minimum atomic E-state index is 0.0956. The van der Waals surface area contributed by atoms with Crippen LogP contribution >= 0.6 is 0 Å². The van der Waals surface area contributed by atoms with Crippen LogP contribution in [0.4, 0.5) is 0 Å². The second kappa shape index (κ2) is 4.83. The van der Waals surface area contributed by atoms with Crippen LogP contribution in [0.15, 0.2) is 29.8 Å². The summed E-state index contributed by atoms with van der Waals surface area (Å²) >= 11 is 0. The number of nitrogens with zero attached hydrogens (tertiary/aromatic N) is 1. The van der Waals surface area contributed by atoms with Gasteiger partial charge >= 0.3 is 0 Å². The first-order valence-electron chi connectivity index (χ1n) is 4.01. The summed E-state index contributed by atoms with van der Waals surface area (Å²) in [6.45, 7) is 0. The number of hydrogen-bond acceptors (Lipinski definition) is 3. The number of ether oxygens (including phenoxy) is 1. The van der Waals surface area contributed by atoms with E-state index in [9.17, 15) is 4.79 Å². The van der Waals surface area contributed by atoms with E-state index in [2.05, 4.69) is 0 Å². The Balaban J connectivity index is 3.03. The minimum Gasteiger partial charge on any atom is -0.497 e. The van der Waals surface area contributed by atoms with Crippen LogP contribution in [0.25, 0.3) is 6.08 Å². The summed E-state index contributed by atoms with van der Waals surface area (Å²) in [7, 11) is 1.56. The van der Waals surface area contributed by atoms with Crippen LogP contribution in [0.5, 0.6) is 5.75 Å². The van der Waals surface area contributed by atoms with Gasteiger partial charge in [0, 0.05) is 0 Å². The predicted octanol–water partition coefficient (Wildman–Crippen LogP) is 1.80. The highest BCUT2D eigenvalue weighted by atomic mass is 16.5. The average molecular weight is 187 g/mol. The summed E-state index contributed by atoms with van der Waals surface area (Å²) in [6.07, 6.45) is 2.04. The standard InChI is InChI=1S/C11H9NO2/c1-14-11-4-2-3-9(6-11)5-10(7-12)8-13/h2-6,8H,1H3. The van der Waals surface area contributed by atoms with Crippen LogP contribution in [-0.4, -0.2) is 13.4 Å². The fraction of sp³-hybridized carbons (Fsp3) is 0.0909. The van der Waals surface area contributed by atoms with Crippen LogP contribution in [0.2, 0.25) is 0 Å². The van der Waals surface area contributed by atoms with E-state index in [1.807, 2.05) is 0 Å². The number of benzene rings is 1. The zero-order valence-electron chi connectivity index (χ0n) is 7.73. The molecule has 0 heterocycles. The molecule has 0 saturated heterocycles. The Hall–Kier alpha value is -2.08. The van der Waals surface area contributed by atoms with Crippen molar-refractivity contribution < 1.29 is 9.53 Å². The number of hydrogen-bond donors (Lipinski definition) is 0. The fourth-order valence-electron chi connectivity index (χ4n) is 1.00. The molecule has 0 amide bonds. The topological polar surface area (TPSA) is 50.1 Å². The maximum Gasteiger partial charge on any atom is 0.160 e. The van der Waals surface area contributed by atoms with Crippen LogP contribution in [0.1, 0.15) is 5.56 Å². The maximum absolute atomic E-state index is 10.4. The second-order valence-electron chi connectivity index (χ2n) is 2.61. The molecular weight excluding hydrogens is 178 g/mol. The Morgan fingerprint density at radius 2 is 2.36 bits per heavy atom. The molecule has 0 saturated carbocycles. The molecule has 0 bridgehead atoms. The molecule has 0 unspecified atom stereocenters. The lowest BCUT2D eigenvalue weighted by Gasteiger charge is -1.99. The number of allylic oxidation sites excluding steroid dienone is 1. The summed E-state index contributed by atoms with van der Waals surface area (Å²) in [6, 6.07) is 8.93. The number of carbonyl (C=O) groups excluding carboxylic acids is 1. The molecule has 0 aliphatic rings. The number of aldehydes is 1. The molecule has 70 valence electrons. The van der Waals surface area contributed by atoms with Gasteiger partial charge in [0.25, 0.3) is 0 Å². The highest BCUT2D eigenvalue weighted by Gasteiger charge is 1.95. The molecule has 1 rings (SSSR count). The highest BCUT2D eigenvalue weighted by molar-refractivity contribution is 5.86. The Morgan fingerprint density at radius 1 is 1.57 bits per heavy atom. The number of rotatable bonds is 3. The molecule has 1 aromatic carbocycles. The van der Waals surface area contributed by atoms with E-state index < -0.39 is 0 Å². The van der Waals surface area contributed by atoms with Gasteiger partial charge in [0.2, 0.25) is 0 Å². The molecular formula is C11H9NO2. The summed E-state index contributed by atoms with van der Waals surface area (Å²) in [4.78, 5) is 10.4. The van der Waals surface area contributed by atoms with Gasteiger partial charge in [0.15, 0.2) is 6.29 Å². The van der Waals surface area contributed by atoms with Gasteiger partial charge in [0.1, 0.15) is 11.8 Å². The lowest BCUT2D eigenvalue weighted by molar-refractivity contribution is -0.104. The Labute approximate surface area is 82.2 Å². The maximum atomic E-state index is 10.4. The van der Waals surface area contributed by atoms with E-state index in [1.165, 1.54) is 6.08 Å². The first kappa shape index (κ1) is 10.0. The van der Waals surface area contributed by atoms with Crippen molar-refractivity contribution in [3.63, 3.8) is 0 Å². The quantitative estimate of drug-likeness (QED) is 0.412. The van der Waals surface area contributed by atoms with Crippen molar-refractivity contribution in [2.45, 2.75) is 0 Å². The molecule has 0 aliphatic carbocycles. The SMILES string of the molecule is COc1cccc(C=C(C#N)C=O)c1. The van der Waals surface area contributed by atoms with Crippen molar-refractivity contribution >= 4 is 12.4 Å². The van der Waals surface area contributed by atoms with Gasteiger partial charge in [-0.3, -0.25) is 4.79 Å². The second-order valence-corrected chi connectivity index (χ2v) is 2.61. The van der Waals surface area contributed by atoms with E-state index >= 15 is 0 Å². The van der Waals surface area contributed by atoms with Crippen LogP contribution in [-0.2, 0) is 4.79 Å². The molecule has 14 heavy (non-hydrogen) atoms. The van der Waals surface area contributed by atoms with Crippen molar-refractivity contribution in [3.8, 4) is 11.8 Å². The van der Waals surface area contributed by atoms with Crippen molar-refractivity contribution in [1.82, 2.24) is 0 Å². The van der Waals surface area contributed by atoms with Crippen molar-refractivity contribution in [2.75, 3.05) is 7.11 Å². The van der Waals surface area contributed by atoms with E-state index in [0.29, 0.717) is 12.0 Å². The van der Waals surface area contributed by atoms with E-state index in [1.54, 1.807) is 37.4 Å². The Morgan fingerprint density at radius 3 is 2.93 bits per heavy atom. The smallest absolute Gasteiger partial charge is 0.160 e. The van der Waals surface area contributed by atoms with Gasteiger partial charge in [-0.05, 0) is 23.8 Å². The molecule has 3 nitrogen and oxygen atoms in total. The third-order valence-electron chi connectivity index (χ3n) is 1.67. The Bertz CT molecular complexity index is 402. The first-order chi connectivity index (χ1) is 6.80. The van der Waals surface area contributed by atoms with Crippen molar-refractivity contribution in [1.29, 1.82) is 5.26 Å². The largest absolute Gasteiger partial charge is 0.497 e. The van der Waals surface area contributed by atoms with Crippen molar-refractivity contribution in [3.05, 3.63) is 35.4 Å². The monoisotopic (exact) mass is 187 g/mol. The summed E-state index contributed by atoms with van der Waals surface area (Å²) < 4.78 is 5.00. The molecule has 0 spiro atoms. The summed E-state index contributed by atoms with van der Waals surface area (Å²) in [5.74, 6) is 0.696. The Kier molecular flexibility index (Phi) is 3.45. The molecule has 0 radical (unpaired) electrons. The van der Waals surface area contributed by atoms with Crippen LogP contribution < -0.4 is 4.74 Å². The zero-order valence-corrected chi connectivity index (χ0v) is 7.73.